The summed E-state index contributed by atoms with van der Waals surface area (Å²) < 4.78 is 77.5. The van der Waals surface area contributed by atoms with E-state index in [1.54, 1.807) is 5.32 Å². The zero-order valence-electron chi connectivity index (χ0n) is 18.3. The van der Waals surface area contributed by atoms with Gasteiger partial charge < -0.3 is 16.0 Å². The number of urea groups is 1. The van der Waals surface area contributed by atoms with Gasteiger partial charge in [0.15, 0.2) is 0 Å². The molecule has 0 bridgehead atoms. The van der Waals surface area contributed by atoms with Gasteiger partial charge >= 0.3 is 18.4 Å². The normalized spacial score (nSPS) is 12.9. The van der Waals surface area contributed by atoms with Gasteiger partial charge in [-0.1, -0.05) is 53.0 Å². The van der Waals surface area contributed by atoms with Crippen LogP contribution in [0.25, 0.3) is 6.08 Å². The quantitative estimate of drug-likeness (QED) is 0.158. The zero-order valence-corrected chi connectivity index (χ0v) is 22.2. The van der Waals surface area contributed by atoms with Gasteiger partial charge in [-0.25, -0.2) is 4.79 Å². The summed E-state index contributed by atoms with van der Waals surface area (Å²) in [6, 6.07) is 5.30. The predicted molar refractivity (Wildman–Crippen MR) is 133 cm³/mol. The number of hydrogen-bond donors (Lipinski definition) is 3. The highest BCUT2D eigenvalue weighted by atomic mass is 79.9. The summed E-state index contributed by atoms with van der Waals surface area (Å²) in [5.74, 6) is -2.62. The molecule has 1 unspecified atom stereocenters. The molecular formula is C22H17BrCl3F6N3O2. The Morgan fingerprint density at radius 1 is 0.919 bits per heavy atom. The number of allylic oxidation sites excluding steroid dienone is 1. The number of carbonyl (C=O) groups excluding carboxylic acids is 2. The van der Waals surface area contributed by atoms with E-state index in [9.17, 15) is 35.9 Å². The van der Waals surface area contributed by atoms with Crippen LogP contribution in [-0.4, -0.2) is 43.9 Å². The summed E-state index contributed by atoms with van der Waals surface area (Å²) in [5.41, 5.74) is 0.271. The molecule has 15 heteroatoms. The Bertz CT molecular complexity index is 1150. The second-order valence-corrected chi connectivity index (χ2v) is 9.44. The molecule has 0 fully saturated rings. The molecule has 2 aromatic rings. The van der Waals surface area contributed by atoms with Crippen LogP contribution < -0.4 is 16.0 Å². The number of carbonyl (C=O) groups is 2. The largest absolute Gasteiger partial charge is 0.405 e. The molecule has 3 N–H and O–H groups in total. The smallest absolute Gasteiger partial charge is 0.350 e. The molecule has 37 heavy (non-hydrogen) atoms. The first-order chi connectivity index (χ1) is 17.1. The van der Waals surface area contributed by atoms with Crippen LogP contribution in [0.3, 0.4) is 0 Å². The maximum Gasteiger partial charge on any atom is 0.405 e. The first-order valence-corrected chi connectivity index (χ1v) is 12.1. The Morgan fingerprint density at radius 2 is 1.51 bits per heavy atom. The van der Waals surface area contributed by atoms with Crippen LogP contribution in [0.15, 0.2) is 40.9 Å². The first-order valence-electron chi connectivity index (χ1n) is 10.1. The van der Waals surface area contributed by atoms with E-state index in [1.807, 2.05) is 0 Å². The summed E-state index contributed by atoms with van der Waals surface area (Å²) in [4.78, 5) is 23.6. The van der Waals surface area contributed by atoms with E-state index in [0.717, 1.165) is 18.2 Å². The molecule has 3 amide bonds. The lowest BCUT2D eigenvalue weighted by Gasteiger charge is -2.18. The molecule has 5 nitrogen and oxygen atoms in total. The van der Waals surface area contributed by atoms with Crippen molar-refractivity contribution in [3.8, 4) is 0 Å². The molecule has 1 atom stereocenters. The number of halogens is 10. The lowest BCUT2D eigenvalue weighted by molar-refractivity contribution is -0.139. The molecule has 0 spiro atoms. The van der Waals surface area contributed by atoms with Crippen molar-refractivity contribution in [3.05, 3.63) is 72.6 Å². The lowest BCUT2D eigenvalue weighted by atomic mass is 9.97. The van der Waals surface area contributed by atoms with E-state index in [2.05, 4.69) is 26.6 Å². The van der Waals surface area contributed by atoms with Crippen molar-refractivity contribution in [3.63, 3.8) is 0 Å². The monoisotopic (exact) mass is 653 g/mol. The SMILES string of the molecule is O=C(NCCNC(=O)c1ccc(C=CC(c2cc(Cl)c(Cl)c(Cl)c2)C(F)(F)F)cc1Br)NCC(F)(F)F. The highest BCUT2D eigenvalue weighted by molar-refractivity contribution is 9.10. The number of benzene rings is 2. The Balaban J connectivity index is 2.03. The van der Waals surface area contributed by atoms with Crippen LogP contribution in [0.1, 0.15) is 27.4 Å². The molecule has 0 aliphatic carbocycles. The molecule has 2 rings (SSSR count). The average Bonchev–Trinajstić information content (AvgIpc) is 2.77. The minimum Gasteiger partial charge on any atom is -0.350 e. The molecule has 0 aliphatic rings. The molecule has 2 aromatic carbocycles. The zero-order chi connectivity index (χ0) is 28.0. The van der Waals surface area contributed by atoms with Crippen molar-refractivity contribution < 1.29 is 35.9 Å². The number of hydrogen-bond acceptors (Lipinski definition) is 2. The Labute approximate surface area is 230 Å². The fourth-order valence-corrected chi connectivity index (χ4v) is 4.07. The lowest BCUT2D eigenvalue weighted by Crippen LogP contribution is -2.43. The minimum absolute atomic E-state index is 0.0599. The fourth-order valence-electron chi connectivity index (χ4n) is 2.88. The van der Waals surface area contributed by atoms with E-state index >= 15 is 0 Å². The minimum atomic E-state index is -4.66. The van der Waals surface area contributed by atoms with E-state index < -0.39 is 36.8 Å². The predicted octanol–water partition coefficient (Wildman–Crippen LogP) is 7.36. The van der Waals surface area contributed by atoms with Crippen LogP contribution in [0, 0.1) is 0 Å². The highest BCUT2D eigenvalue weighted by Gasteiger charge is 2.39. The first kappa shape index (κ1) is 31.1. The third-order valence-electron chi connectivity index (χ3n) is 4.58. The summed E-state index contributed by atoms with van der Waals surface area (Å²) in [6.45, 7) is -1.74. The van der Waals surface area contributed by atoms with Crippen molar-refractivity contribution >= 4 is 68.7 Å². The second kappa shape index (κ2) is 13.1. The maximum atomic E-state index is 13.7. The number of amides is 3. The van der Waals surface area contributed by atoms with Gasteiger partial charge in [-0.05, 0) is 51.3 Å². The van der Waals surface area contributed by atoms with Crippen molar-refractivity contribution in [2.24, 2.45) is 0 Å². The van der Waals surface area contributed by atoms with Gasteiger partial charge in [0.25, 0.3) is 5.91 Å². The van der Waals surface area contributed by atoms with E-state index in [1.165, 1.54) is 24.3 Å². The fraction of sp³-hybridized carbons (Fsp3) is 0.273. The number of nitrogens with one attached hydrogen (secondary N) is 3. The van der Waals surface area contributed by atoms with E-state index in [4.69, 9.17) is 34.8 Å². The van der Waals surface area contributed by atoms with Gasteiger partial charge in [0.2, 0.25) is 0 Å². The Hall–Kier alpha value is -2.15. The molecule has 0 aromatic heterocycles. The van der Waals surface area contributed by atoms with Crippen LogP contribution in [0.5, 0.6) is 0 Å². The molecule has 0 saturated carbocycles. The van der Waals surface area contributed by atoms with Gasteiger partial charge in [-0.15, -0.1) is 0 Å². The van der Waals surface area contributed by atoms with Gasteiger partial charge in [-0.2, -0.15) is 26.3 Å². The van der Waals surface area contributed by atoms with Crippen molar-refractivity contribution in [2.45, 2.75) is 18.3 Å². The third-order valence-corrected chi connectivity index (χ3v) is 6.44. The van der Waals surface area contributed by atoms with Crippen molar-refractivity contribution in [1.29, 1.82) is 0 Å². The summed E-state index contributed by atoms with van der Waals surface area (Å²) >= 11 is 20.8. The van der Waals surface area contributed by atoms with Gasteiger partial charge in [0.05, 0.1) is 26.5 Å². The van der Waals surface area contributed by atoms with Gasteiger partial charge in [0.1, 0.15) is 6.54 Å². The van der Waals surface area contributed by atoms with Crippen molar-refractivity contribution in [2.75, 3.05) is 19.6 Å². The van der Waals surface area contributed by atoms with Crippen LogP contribution >= 0.6 is 50.7 Å². The maximum absolute atomic E-state index is 13.7. The standard InChI is InChI=1S/C22H17BrCl3F6N3O2/c23-15-7-11(2-4-14(22(30,31)32)12-8-16(24)18(26)17(25)9-12)1-3-13(15)19(36)33-5-6-34-20(37)35-10-21(27,28)29/h1-4,7-9,14H,5-6,10H2,(H,33,36)(H2,34,35,37). The number of alkyl halides is 6. The highest BCUT2D eigenvalue weighted by Crippen LogP contribution is 2.41. The van der Waals surface area contributed by atoms with Crippen molar-refractivity contribution in [1.82, 2.24) is 16.0 Å². The molecule has 0 radical (unpaired) electrons. The number of rotatable bonds is 8. The summed E-state index contributed by atoms with van der Waals surface area (Å²) in [6.07, 6.45) is -7.09. The van der Waals surface area contributed by atoms with Crippen LogP contribution in [0.4, 0.5) is 31.1 Å². The van der Waals surface area contributed by atoms with E-state index in [0.29, 0.717) is 5.56 Å². The molecule has 0 saturated heterocycles. The summed E-state index contributed by atoms with van der Waals surface area (Å²) in [5, 5.41) is 5.91. The topological polar surface area (TPSA) is 70.2 Å². The van der Waals surface area contributed by atoms with Crippen LogP contribution in [-0.2, 0) is 0 Å². The van der Waals surface area contributed by atoms with Gasteiger partial charge in [-0.3, -0.25) is 4.79 Å². The van der Waals surface area contributed by atoms with E-state index in [-0.39, 0.29) is 43.8 Å². The average molecular weight is 656 g/mol. The van der Waals surface area contributed by atoms with Gasteiger partial charge in [0, 0.05) is 17.6 Å². The molecule has 0 aliphatic heterocycles. The molecular weight excluding hydrogens is 639 g/mol. The molecule has 0 heterocycles. The third kappa shape index (κ3) is 9.91. The second-order valence-electron chi connectivity index (χ2n) is 7.40. The Kier molecular flexibility index (Phi) is 11.0. The summed E-state index contributed by atoms with van der Waals surface area (Å²) in [7, 11) is 0. The molecule has 202 valence electrons. The van der Waals surface area contributed by atoms with Crippen LogP contribution in [0.2, 0.25) is 15.1 Å². The Morgan fingerprint density at radius 3 is 2.05 bits per heavy atom.